The minimum absolute atomic E-state index is 0.0546. The maximum Gasteiger partial charge on any atom is 0.297 e. The van der Waals surface area contributed by atoms with Crippen molar-refractivity contribution in [1.29, 1.82) is 0 Å². The number of aromatic nitrogens is 2. The van der Waals surface area contributed by atoms with Gasteiger partial charge in [0.15, 0.2) is 5.69 Å². The van der Waals surface area contributed by atoms with Crippen molar-refractivity contribution in [2.75, 3.05) is 18.5 Å². The average molecular weight is 368 g/mol. The standard InChI is InChI=1S/C15H17FN4O4S/c1-8-12(17-11-4-3-9(25)7-10(11)16)13(18-20(2)15(8)23)14(22)19-24-6-5-21/h3-4,7,17,21,25H,5-6H2,1-2H3,(H,19,22). The monoisotopic (exact) mass is 368 g/mol. The summed E-state index contributed by atoms with van der Waals surface area (Å²) in [5.74, 6) is -1.35. The Kier molecular flexibility index (Phi) is 6.12. The van der Waals surface area contributed by atoms with Crippen molar-refractivity contribution < 1.29 is 19.1 Å². The molecule has 0 fully saturated rings. The van der Waals surface area contributed by atoms with Crippen LogP contribution in [0.25, 0.3) is 0 Å². The van der Waals surface area contributed by atoms with Crippen molar-refractivity contribution in [2.45, 2.75) is 11.8 Å². The molecular weight excluding hydrogens is 351 g/mol. The molecule has 1 aromatic heterocycles. The van der Waals surface area contributed by atoms with Gasteiger partial charge >= 0.3 is 0 Å². The lowest BCUT2D eigenvalue weighted by molar-refractivity contribution is 0.0164. The molecule has 2 rings (SSSR count). The molecule has 2 aromatic rings. The Bertz CT molecular complexity index is 856. The van der Waals surface area contributed by atoms with Crippen LogP contribution in [0.5, 0.6) is 0 Å². The number of nitrogens with zero attached hydrogens (tertiary/aromatic N) is 2. The van der Waals surface area contributed by atoms with Gasteiger partial charge in [-0.1, -0.05) is 0 Å². The number of aliphatic hydroxyl groups excluding tert-OH is 1. The van der Waals surface area contributed by atoms with E-state index in [-0.39, 0.29) is 35.8 Å². The number of anilines is 2. The molecule has 0 radical (unpaired) electrons. The van der Waals surface area contributed by atoms with Gasteiger partial charge in [-0.15, -0.1) is 12.6 Å². The lowest BCUT2D eigenvalue weighted by atomic mass is 10.2. The van der Waals surface area contributed by atoms with Gasteiger partial charge in [0.2, 0.25) is 0 Å². The van der Waals surface area contributed by atoms with Gasteiger partial charge in [0.25, 0.3) is 11.5 Å². The molecule has 0 aliphatic carbocycles. The number of hydrogen-bond acceptors (Lipinski definition) is 7. The normalized spacial score (nSPS) is 10.6. The fourth-order valence-corrected chi connectivity index (χ4v) is 2.22. The number of carbonyl (C=O) groups excluding carboxylic acids is 1. The van der Waals surface area contributed by atoms with Crippen LogP contribution in [0.4, 0.5) is 15.8 Å². The Labute approximate surface area is 148 Å². The van der Waals surface area contributed by atoms with Crippen LogP contribution in [-0.4, -0.2) is 34.0 Å². The van der Waals surface area contributed by atoms with Crippen molar-refractivity contribution in [1.82, 2.24) is 15.3 Å². The summed E-state index contributed by atoms with van der Waals surface area (Å²) in [6.45, 7) is 1.09. The van der Waals surface area contributed by atoms with E-state index in [1.807, 2.05) is 0 Å². The molecule has 0 bridgehead atoms. The molecule has 3 N–H and O–H groups in total. The summed E-state index contributed by atoms with van der Waals surface area (Å²) in [5, 5.41) is 15.3. The summed E-state index contributed by atoms with van der Waals surface area (Å²) in [4.78, 5) is 29.5. The fourth-order valence-electron chi connectivity index (χ4n) is 2.04. The Hall–Kier alpha value is -2.43. The quantitative estimate of drug-likeness (QED) is 0.343. The summed E-state index contributed by atoms with van der Waals surface area (Å²) < 4.78 is 15.1. The van der Waals surface area contributed by atoms with Crippen LogP contribution in [0.2, 0.25) is 0 Å². The molecule has 1 aromatic carbocycles. The number of thiol groups is 1. The summed E-state index contributed by atoms with van der Waals surface area (Å²) in [7, 11) is 1.39. The first-order valence-electron chi connectivity index (χ1n) is 7.21. The maximum atomic E-state index is 14.1. The molecule has 0 aliphatic heterocycles. The second-order valence-electron chi connectivity index (χ2n) is 5.07. The largest absolute Gasteiger partial charge is 0.394 e. The van der Waals surface area contributed by atoms with Crippen molar-refractivity contribution in [3.8, 4) is 0 Å². The highest BCUT2D eigenvalue weighted by Crippen LogP contribution is 2.25. The second-order valence-corrected chi connectivity index (χ2v) is 5.59. The highest BCUT2D eigenvalue weighted by Gasteiger charge is 2.20. The lowest BCUT2D eigenvalue weighted by Gasteiger charge is -2.15. The summed E-state index contributed by atoms with van der Waals surface area (Å²) in [6.07, 6.45) is 0. The summed E-state index contributed by atoms with van der Waals surface area (Å²) in [6, 6.07) is 4.18. The topological polar surface area (TPSA) is 105 Å². The highest BCUT2D eigenvalue weighted by atomic mass is 32.1. The summed E-state index contributed by atoms with van der Waals surface area (Å²) in [5.41, 5.74) is 1.79. The van der Waals surface area contributed by atoms with Crippen LogP contribution in [0.15, 0.2) is 27.9 Å². The van der Waals surface area contributed by atoms with E-state index in [0.717, 1.165) is 4.68 Å². The van der Waals surface area contributed by atoms with E-state index in [1.165, 1.54) is 26.1 Å². The summed E-state index contributed by atoms with van der Waals surface area (Å²) >= 11 is 4.04. The van der Waals surface area contributed by atoms with Gasteiger partial charge in [0, 0.05) is 17.5 Å². The molecule has 0 unspecified atom stereocenters. The minimum Gasteiger partial charge on any atom is -0.394 e. The Morgan fingerprint density at radius 2 is 2.20 bits per heavy atom. The number of benzene rings is 1. The van der Waals surface area contributed by atoms with E-state index < -0.39 is 17.3 Å². The first-order valence-corrected chi connectivity index (χ1v) is 7.66. The van der Waals surface area contributed by atoms with Gasteiger partial charge in [0.05, 0.1) is 24.6 Å². The third-order valence-electron chi connectivity index (χ3n) is 3.26. The Morgan fingerprint density at radius 1 is 1.48 bits per heavy atom. The minimum atomic E-state index is -0.749. The van der Waals surface area contributed by atoms with E-state index in [2.05, 4.69) is 28.5 Å². The van der Waals surface area contributed by atoms with Crippen LogP contribution < -0.4 is 16.4 Å². The molecule has 1 heterocycles. The first-order chi connectivity index (χ1) is 11.8. The van der Waals surface area contributed by atoms with Gasteiger partial charge in [-0.2, -0.15) is 5.10 Å². The number of amides is 1. The first kappa shape index (κ1) is 18.9. The molecule has 8 nitrogen and oxygen atoms in total. The zero-order chi connectivity index (χ0) is 18.6. The van der Waals surface area contributed by atoms with E-state index in [0.29, 0.717) is 4.90 Å². The van der Waals surface area contributed by atoms with Crippen molar-refractivity contribution in [2.24, 2.45) is 7.05 Å². The highest BCUT2D eigenvalue weighted by molar-refractivity contribution is 7.80. The number of rotatable bonds is 6. The number of aryl methyl sites for hydroxylation is 1. The maximum absolute atomic E-state index is 14.1. The van der Waals surface area contributed by atoms with Gasteiger partial charge in [-0.3, -0.25) is 14.4 Å². The van der Waals surface area contributed by atoms with E-state index in [9.17, 15) is 14.0 Å². The van der Waals surface area contributed by atoms with E-state index in [1.54, 1.807) is 6.07 Å². The zero-order valence-electron chi connectivity index (χ0n) is 13.5. The van der Waals surface area contributed by atoms with Crippen molar-refractivity contribution in [3.05, 3.63) is 45.6 Å². The molecule has 10 heteroatoms. The number of halogens is 1. The SMILES string of the molecule is Cc1c(Nc2ccc(S)cc2F)c(C(=O)NOCCO)nn(C)c1=O. The molecule has 0 spiro atoms. The fraction of sp³-hybridized carbons (Fsp3) is 0.267. The molecular formula is C15H17FN4O4S. The Balaban J connectivity index is 2.45. The van der Waals surface area contributed by atoms with Crippen LogP contribution in [-0.2, 0) is 11.9 Å². The number of nitrogens with one attached hydrogen (secondary N) is 2. The molecule has 25 heavy (non-hydrogen) atoms. The number of aliphatic hydroxyl groups is 1. The Morgan fingerprint density at radius 3 is 2.84 bits per heavy atom. The molecule has 1 amide bonds. The van der Waals surface area contributed by atoms with Gasteiger partial charge in [-0.25, -0.2) is 14.6 Å². The van der Waals surface area contributed by atoms with Gasteiger partial charge in [-0.05, 0) is 25.1 Å². The number of hydrogen-bond donors (Lipinski definition) is 4. The zero-order valence-corrected chi connectivity index (χ0v) is 14.4. The molecule has 0 aliphatic rings. The van der Waals surface area contributed by atoms with E-state index in [4.69, 9.17) is 9.94 Å². The van der Waals surface area contributed by atoms with Crippen LogP contribution in [0, 0.1) is 12.7 Å². The van der Waals surface area contributed by atoms with Gasteiger partial charge < -0.3 is 10.4 Å². The van der Waals surface area contributed by atoms with Crippen molar-refractivity contribution in [3.63, 3.8) is 0 Å². The van der Waals surface area contributed by atoms with Crippen LogP contribution >= 0.6 is 12.6 Å². The smallest absolute Gasteiger partial charge is 0.297 e. The van der Waals surface area contributed by atoms with E-state index >= 15 is 0 Å². The predicted octanol–water partition coefficient (Wildman–Crippen LogP) is 0.914. The van der Waals surface area contributed by atoms with Crippen molar-refractivity contribution >= 4 is 29.9 Å². The molecule has 134 valence electrons. The third-order valence-corrected chi connectivity index (χ3v) is 3.54. The number of carbonyl (C=O) groups is 1. The lowest BCUT2D eigenvalue weighted by Crippen LogP contribution is -2.32. The predicted molar refractivity (Wildman–Crippen MR) is 91.7 cm³/mol. The third kappa shape index (κ3) is 4.35. The average Bonchev–Trinajstić information content (AvgIpc) is 2.57. The second kappa shape index (κ2) is 8.10. The molecule has 0 saturated carbocycles. The molecule has 0 atom stereocenters. The number of hydroxylamine groups is 1. The van der Waals surface area contributed by atoms with Crippen LogP contribution in [0.3, 0.4) is 0 Å². The van der Waals surface area contributed by atoms with Crippen LogP contribution in [0.1, 0.15) is 16.1 Å². The van der Waals surface area contributed by atoms with Gasteiger partial charge in [0.1, 0.15) is 5.82 Å². The molecule has 0 saturated heterocycles.